The molecule has 3 rings (SSSR count). The molecule has 7 heteroatoms. The van der Waals surface area contributed by atoms with Gasteiger partial charge in [-0.3, -0.25) is 14.6 Å². The minimum atomic E-state index is -0.639. The Morgan fingerprint density at radius 2 is 1.85 bits per heavy atom. The Hall–Kier alpha value is -2.83. The number of amides is 2. The first-order chi connectivity index (χ1) is 12.5. The molecular weight excluding hydrogens is 340 g/mol. The summed E-state index contributed by atoms with van der Waals surface area (Å²) in [6.07, 6.45) is 3.82. The quantitative estimate of drug-likeness (QED) is 0.859. The Morgan fingerprint density at radius 3 is 2.54 bits per heavy atom. The minimum Gasteiger partial charge on any atom is -0.355 e. The van der Waals surface area contributed by atoms with Crippen molar-refractivity contribution in [2.45, 2.75) is 19.4 Å². The highest BCUT2D eigenvalue weighted by Gasteiger charge is 2.33. The number of carbonyl (C=O) groups excluding carboxylic acids is 2. The highest BCUT2D eigenvalue weighted by molar-refractivity contribution is 5.89. The van der Waals surface area contributed by atoms with Crippen molar-refractivity contribution in [2.24, 2.45) is 5.92 Å². The summed E-state index contributed by atoms with van der Waals surface area (Å²) in [5, 5.41) is 2.74. The number of aromatic nitrogens is 1. The molecule has 5 nitrogen and oxygen atoms in total. The van der Waals surface area contributed by atoms with Gasteiger partial charge in [-0.15, -0.1) is 0 Å². The lowest BCUT2D eigenvalue weighted by atomic mass is 10.1. The number of nitrogens with one attached hydrogen (secondary N) is 1. The minimum absolute atomic E-state index is 0.0610. The number of carbonyl (C=O) groups is 2. The van der Waals surface area contributed by atoms with Crippen LogP contribution >= 0.6 is 0 Å². The van der Waals surface area contributed by atoms with E-state index in [0.717, 1.165) is 11.6 Å². The lowest BCUT2D eigenvalue weighted by Gasteiger charge is -2.16. The third-order valence-corrected chi connectivity index (χ3v) is 4.34. The molecule has 136 valence electrons. The van der Waals surface area contributed by atoms with Gasteiger partial charge in [-0.1, -0.05) is 0 Å². The molecule has 2 heterocycles. The van der Waals surface area contributed by atoms with E-state index in [-0.39, 0.29) is 24.8 Å². The molecule has 26 heavy (non-hydrogen) atoms. The number of hydrogen-bond donors (Lipinski definition) is 1. The van der Waals surface area contributed by atoms with E-state index in [1.165, 1.54) is 12.1 Å². The molecule has 1 aromatic carbocycles. The predicted molar refractivity (Wildman–Crippen MR) is 90.8 cm³/mol. The summed E-state index contributed by atoms with van der Waals surface area (Å²) in [6.45, 7) is 1.08. The van der Waals surface area contributed by atoms with Crippen LogP contribution in [0.4, 0.5) is 8.78 Å². The van der Waals surface area contributed by atoms with Gasteiger partial charge < -0.3 is 10.2 Å². The molecule has 1 aliphatic heterocycles. The Kier molecular flexibility index (Phi) is 5.55. The number of hydrogen-bond acceptors (Lipinski definition) is 3. The van der Waals surface area contributed by atoms with E-state index < -0.39 is 17.6 Å². The van der Waals surface area contributed by atoms with E-state index in [0.29, 0.717) is 25.1 Å². The summed E-state index contributed by atoms with van der Waals surface area (Å²) in [5.41, 5.74) is 1.44. The molecule has 2 aromatic rings. The lowest BCUT2D eigenvalue weighted by Crippen LogP contribution is -2.34. The Bertz CT molecular complexity index is 778. The van der Waals surface area contributed by atoms with Gasteiger partial charge in [-0.2, -0.15) is 0 Å². The van der Waals surface area contributed by atoms with Gasteiger partial charge in [0.05, 0.1) is 5.92 Å². The van der Waals surface area contributed by atoms with E-state index in [2.05, 4.69) is 10.3 Å². The fraction of sp³-hybridized carbons (Fsp3) is 0.316. The number of rotatable bonds is 6. The Morgan fingerprint density at radius 1 is 1.15 bits per heavy atom. The number of pyridine rings is 1. The van der Waals surface area contributed by atoms with Gasteiger partial charge >= 0.3 is 0 Å². The van der Waals surface area contributed by atoms with E-state index >= 15 is 0 Å². The number of nitrogens with zero attached hydrogens (tertiary/aromatic N) is 2. The largest absolute Gasteiger partial charge is 0.355 e. The first-order valence-electron chi connectivity index (χ1n) is 8.40. The topological polar surface area (TPSA) is 62.3 Å². The fourth-order valence-corrected chi connectivity index (χ4v) is 3.04. The van der Waals surface area contributed by atoms with Crippen LogP contribution in [0.3, 0.4) is 0 Å². The van der Waals surface area contributed by atoms with E-state index in [1.54, 1.807) is 17.3 Å². The number of halogens is 2. The average molecular weight is 359 g/mol. The maximum Gasteiger partial charge on any atom is 0.225 e. The van der Waals surface area contributed by atoms with Gasteiger partial charge in [0.2, 0.25) is 11.8 Å². The molecule has 0 spiro atoms. The van der Waals surface area contributed by atoms with Crippen molar-refractivity contribution in [1.82, 2.24) is 15.2 Å². The second-order valence-electron chi connectivity index (χ2n) is 6.35. The van der Waals surface area contributed by atoms with Crippen molar-refractivity contribution < 1.29 is 18.4 Å². The van der Waals surface area contributed by atoms with E-state index in [1.807, 2.05) is 12.1 Å². The summed E-state index contributed by atoms with van der Waals surface area (Å²) in [6, 6.07) is 6.96. The standard InChI is InChI=1S/C19H19F2N3O2/c20-16-7-14(8-17(21)10-16)3-6-23-19(26)15-9-18(25)24(12-15)11-13-1-4-22-5-2-13/h1-2,4-5,7-8,10,15H,3,6,9,11-12H2,(H,23,26)/t15-/m1/s1. The predicted octanol–water partition coefficient (Wildman–Crippen LogP) is 2.07. The third-order valence-electron chi connectivity index (χ3n) is 4.34. The van der Waals surface area contributed by atoms with Gasteiger partial charge in [0.1, 0.15) is 11.6 Å². The van der Waals surface area contributed by atoms with Crippen molar-refractivity contribution in [1.29, 1.82) is 0 Å². The molecule has 1 atom stereocenters. The van der Waals surface area contributed by atoms with Crippen molar-refractivity contribution in [3.63, 3.8) is 0 Å². The molecule has 1 fully saturated rings. The molecule has 2 amide bonds. The maximum absolute atomic E-state index is 13.2. The summed E-state index contributed by atoms with van der Waals surface area (Å²) in [7, 11) is 0. The van der Waals surface area contributed by atoms with Gasteiger partial charge in [0.15, 0.2) is 0 Å². The Balaban J connectivity index is 1.48. The average Bonchev–Trinajstić information content (AvgIpc) is 2.96. The van der Waals surface area contributed by atoms with Crippen molar-refractivity contribution in [2.75, 3.05) is 13.1 Å². The lowest BCUT2D eigenvalue weighted by molar-refractivity contribution is -0.129. The monoisotopic (exact) mass is 359 g/mol. The number of benzene rings is 1. The van der Waals surface area contributed by atoms with Gasteiger partial charge in [-0.05, 0) is 41.8 Å². The maximum atomic E-state index is 13.2. The summed E-state index contributed by atoms with van der Waals surface area (Å²) in [5.74, 6) is -1.96. The van der Waals surface area contributed by atoms with Crippen LogP contribution in [0.1, 0.15) is 17.5 Å². The van der Waals surface area contributed by atoms with Crippen LogP contribution in [-0.4, -0.2) is 34.8 Å². The number of likely N-dealkylation sites (tertiary alicyclic amines) is 1. The van der Waals surface area contributed by atoms with Crippen molar-refractivity contribution in [3.8, 4) is 0 Å². The second-order valence-corrected chi connectivity index (χ2v) is 6.35. The molecule has 1 N–H and O–H groups in total. The van der Waals surface area contributed by atoms with Gasteiger partial charge in [-0.25, -0.2) is 8.78 Å². The molecule has 0 bridgehead atoms. The Labute approximate surface area is 150 Å². The zero-order chi connectivity index (χ0) is 18.5. The van der Waals surface area contributed by atoms with Crippen LogP contribution in [-0.2, 0) is 22.6 Å². The van der Waals surface area contributed by atoms with E-state index in [4.69, 9.17) is 0 Å². The zero-order valence-electron chi connectivity index (χ0n) is 14.1. The molecule has 1 aliphatic rings. The molecule has 1 aromatic heterocycles. The molecule has 0 aliphatic carbocycles. The van der Waals surface area contributed by atoms with Crippen molar-refractivity contribution >= 4 is 11.8 Å². The SMILES string of the molecule is O=C(NCCc1cc(F)cc(F)c1)[C@@H]1CC(=O)N(Cc2ccncc2)C1. The molecule has 0 radical (unpaired) electrons. The van der Waals surface area contributed by atoms with Crippen LogP contribution in [0.2, 0.25) is 0 Å². The molecular formula is C19H19F2N3O2. The summed E-state index contributed by atoms with van der Waals surface area (Å²) >= 11 is 0. The molecule has 0 unspecified atom stereocenters. The summed E-state index contributed by atoms with van der Waals surface area (Å²) < 4.78 is 26.3. The van der Waals surface area contributed by atoms with Crippen LogP contribution < -0.4 is 5.32 Å². The van der Waals surface area contributed by atoms with Crippen LogP contribution in [0, 0.1) is 17.6 Å². The van der Waals surface area contributed by atoms with Gasteiger partial charge in [0, 0.05) is 44.5 Å². The van der Waals surface area contributed by atoms with Crippen LogP contribution in [0.25, 0.3) is 0 Å². The van der Waals surface area contributed by atoms with Gasteiger partial charge in [0.25, 0.3) is 0 Å². The first-order valence-corrected chi connectivity index (χ1v) is 8.40. The fourth-order valence-electron chi connectivity index (χ4n) is 3.04. The van der Waals surface area contributed by atoms with E-state index in [9.17, 15) is 18.4 Å². The van der Waals surface area contributed by atoms with Crippen molar-refractivity contribution in [3.05, 3.63) is 65.5 Å². The van der Waals surface area contributed by atoms with Crippen LogP contribution in [0.15, 0.2) is 42.7 Å². The van der Waals surface area contributed by atoms with Crippen LogP contribution in [0.5, 0.6) is 0 Å². The zero-order valence-corrected chi connectivity index (χ0v) is 14.1. The first kappa shape index (κ1) is 18.0. The normalized spacial score (nSPS) is 16.8. The second kappa shape index (κ2) is 8.03. The summed E-state index contributed by atoms with van der Waals surface area (Å²) in [4.78, 5) is 30.0. The molecule has 0 saturated carbocycles. The highest BCUT2D eigenvalue weighted by atomic mass is 19.1. The third kappa shape index (κ3) is 4.62. The molecule has 1 saturated heterocycles. The highest BCUT2D eigenvalue weighted by Crippen LogP contribution is 2.20. The smallest absolute Gasteiger partial charge is 0.225 e.